The molecule has 0 aliphatic rings. The van der Waals surface area contributed by atoms with Crippen LogP contribution >= 0.6 is 0 Å². The molecule has 6 heteroatoms. The third-order valence-corrected chi connectivity index (χ3v) is 13.1. The minimum Gasteiger partial charge on any atom is -0.466 e. The second-order valence-electron chi connectivity index (χ2n) is 13.7. The molecule has 0 unspecified atom stereocenters. The van der Waals surface area contributed by atoms with Crippen LogP contribution in [-0.4, -0.2) is 39.6 Å². The summed E-state index contributed by atoms with van der Waals surface area (Å²) in [6.07, 6.45) is 24.7. The van der Waals surface area contributed by atoms with E-state index in [0.717, 1.165) is 25.7 Å². The quantitative estimate of drug-likeness (QED) is 0.0509. The Balaban J connectivity index is 4.31. The second kappa shape index (κ2) is 25.6. The molecule has 0 atom stereocenters. The van der Waals surface area contributed by atoms with Crippen LogP contribution in [-0.2, 0) is 23.5 Å². The lowest BCUT2D eigenvalue weighted by atomic mass is 10.1. The van der Waals surface area contributed by atoms with Crippen molar-refractivity contribution in [3.05, 3.63) is 0 Å². The van der Waals surface area contributed by atoms with Gasteiger partial charge in [0.2, 0.25) is 0 Å². The predicted molar refractivity (Wildman–Crippen MR) is 177 cm³/mol. The maximum absolute atomic E-state index is 12.7. The summed E-state index contributed by atoms with van der Waals surface area (Å²) in [5, 5.41) is -0.00887. The molecule has 0 radical (unpaired) electrons. The van der Waals surface area contributed by atoms with E-state index in [1.54, 1.807) is 0 Å². The lowest BCUT2D eigenvalue weighted by Crippen LogP contribution is -2.45. The normalized spacial score (nSPS) is 12.2. The molecule has 0 aromatic heterocycles. The van der Waals surface area contributed by atoms with Gasteiger partial charge in [0.15, 0.2) is 8.32 Å². The number of carbonyl (C=O) groups is 2. The molecule has 0 saturated heterocycles. The van der Waals surface area contributed by atoms with Crippen LogP contribution in [0.25, 0.3) is 0 Å². The zero-order chi connectivity index (χ0) is 30.8. The van der Waals surface area contributed by atoms with Crippen LogP contribution in [0.3, 0.4) is 0 Å². The Morgan fingerprint density at radius 1 is 0.537 bits per heavy atom. The molecule has 244 valence electrons. The SMILES string of the molecule is CCCCCCCCCCCCOC(=O)CC(CC(=O)OCCCCCCCCCCCC)O[Si](C)(C)C(C)(C)C. The van der Waals surface area contributed by atoms with E-state index in [-0.39, 0.29) is 29.8 Å². The van der Waals surface area contributed by atoms with E-state index in [1.807, 2.05) is 0 Å². The number of rotatable bonds is 28. The Hall–Kier alpha value is -0.883. The van der Waals surface area contributed by atoms with Gasteiger partial charge in [-0.25, -0.2) is 0 Å². The van der Waals surface area contributed by atoms with Crippen molar-refractivity contribution in [1.29, 1.82) is 0 Å². The molecule has 0 heterocycles. The molecular formula is C35H70O5Si. The van der Waals surface area contributed by atoms with Crippen LogP contribution < -0.4 is 0 Å². The van der Waals surface area contributed by atoms with Crippen LogP contribution in [0.5, 0.6) is 0 Å². The average molecular weight is 599 g/mol. The van der Waals surface area contributed by atoms with Gasteiger partial charge in [0.1, 0.15) is 0 Å². The summed E-state index contributed by atoms with van der Waals surface area (Å²) < 4.78 is 17.6. The largest absolute Gasteiger partial charge is 0.466 e. The van der Waals surface area contributed by atoms with Gasteiger partial charge in [-0.15, -0.1) is 0 Å². The van der Waals surface area contributed by atoms with Gasteiger partial charge in [0.25, 0.3) is 0 Å². The molecule has 0 fully saturated rings. The van der Waals surface area contributed by atoms with Crippen molar-refractivity contribution in [3.8, 4) is 0 Å². The van der Waals surface area contributed by atoms with Gasteiger partial charge in [-0.05, 0) is 31.0 Å². The first-order valence-corrected chi connectivity index (χ1v) is 20.4. The number of unbranched alkanes of at least 4 members (excludes halogenated alkanes) is 18. The second-order valence-corrected chi connectivity index (χ2v) is 18.5. The molecule has 0 aliphatic heterocycles. The number of hydrogen-bond acceptors (Lipinski definition) is 5. The minimum atomic E-state index is -2.15. The van der Waals surface area contributed by atoms with Gasteiger partial charge in [0.05, 0.1) is 32.2 Å². The summed E-state index contributed by atoms with van der Waals surface area (Å²) in [6.45, 7) is 16.2. The van der Waals surface area contributed by atoms with Crippen molar-refractivity contribution in [2.45, 2.75) is 200 Å². The fraction of sp³-hybridized carbons (Fsp3) is 0.943. The number of esters is 2. The van der Waals surface area contributed by atoms with Crippen LogP contribution in [0.1, 0.15) is 176 Å². The highest BCUT2D eigenvalue weighted by atomic mass is 28.4. The van der Waals surface area contributed by atoms with E-state index in [2.05, 4.69) is 47.7 Å². The smallest absolute Gasteiger partial charge is 0.308 e. The highest BCUT2D eigenvalue weighted by Crippen LogP contribution is 2.38. The number of carbonyl (C=O) groups excluding carboxylic acids is 2. The molecule has 0 spiro atoms. The van der Waals surface area contributed by atoms with Crippen molar-refractivity contribution >= 4 is 20.3 Å². The average Bonchev–Trinajstić information content (AvgIpc) is 2.89. The van der Waals surface area contributed by atoms with E-state index in [0.29, 0.717) is 13.2 Å². The molecule has 5 nitrogen and oxygen atoms in total. The molecule has 41 heavy (non-hydrogen) atoms. The van der Waals surface area contributed by atoms with E-state index in [4.69, 9.17) is 13.9 Å². The van der Waals surface area contributed by atoms with Gasteiger partial charge in [-0.3, -0.25) is 9.59 Å². The Morgan fingerprint density at radius 2 is 0.829 bits per heavy atom. The first-order chi connectivity index (χ1) is 19.5. The standard InChI is InChI=1S/C35H70O5Si/c1-8-10-12-14-16-18-20-22-24-26-28-38-33(36)30-32(40-41(6,7)35(3,4)5)31-34(37)39-29-27-25-23-21-19-17-15-13-11-9-2/h32H,8-31H2,1-7H3. The van der Waals surface area contributed by atoms with Gasteiger partial charge in [-0.1, -0.05) is 150 Å². The molecule has 0 rings (SSSR count). The molecule has 0 bridgehead atoms. The van der Waals surface area contributed by atoms with Crippen molar-refractivity contribution in [2.75, 3.05) is 13.2 Å². The van der Waals surface area contributed by atoms with Crippen LogP contribution in [0.15, 0.2) is 0 Å². The highest BCUT2D eigenvalue weighted by molar-refractivity contribution is 6.74. The number of hydrogen-bond donors (Lipinski definition) is 0. The lowest BCUT2D eigenvalue weighted by molar-refractivity contribution is -0.149. The van der Waals surface area contributed by atoms with Gasteiger partial charge >= 0.3 is 11.9 Å². The third-order valence-electron chi connectivity index (χ3n) is 8.58. The van der Waals surface area contributed by atoms with Crippen molar-refractivity contribution in [1.82, 2.24) is 0 Å². The van der Waals surface area contributed by atoms with Crippen LogP contribution in [0.4, 0.5) is 0 Å². The van der Waals surface area contributed by atoms with Crippen LogP contribution in [0, 0.1) is 0 Å². The zero-order valence-electron chi connectivity index (χ0n) is 28.6. The third kappa shape index (κ3) is 24.3. The lowest BCUT2D eigenvalue weighted by Gasteiger charge is -2.39. The maximum Gasteiger partial charge on any atom is 0.308 e. The van der Waals surface area contributed by atoms with Crippen LogP contribution in [0.2, 0.25) is 18.1 Å². The number of ether oxygens (including phenoxy) is 2. The Labute approximate surface area is 256 Å². The van der Waals surface area contributed by atoms with E-state index in [1.165, 1.54) is 103 Å². The van der Waals surface area contributed by atoms with Crippen molar-refractivity contribution in [2.24, 2.45) is 0 Å². The van der Waals surface area contributed by atoms with Crippen molar-refractivity contribution < 1.29 is 23.5 Å². The molecule has 0 aliphatic carbocycles. The maximum atomic E-state index is 12.7. The highest BCUT2D eigenvalue weighted by Gasteiger charge is 2.40. The topological polar surface area (TPSA) is 61.8 Å². The van der Waals surface area contributed by atoms with E-state index < -0.39 is 14.4 Å². The van der Waals surface area contributed by atoms with E-state index in [9.17, 15) is 9.59 Å². The summed E-state index contributed by atoms with van der Waals surface area (Å²) in [5.41, 5.74) is 0. The van der Waals surface area contributed by atoms with E-state index >= 15 is 0 Å². The summed E-state index contributed by atoms with van der Waals surface area (Å²) in [7, 11) is -2.15. The van der Waals surface area contributed by atoms with Gasteiger partial charge in [0, 0.05) is 0 Å². The Morgan fingerprint density at radius 3 is 1.12 bits per heavy atom. The molecule has 0 amide bonds. The van der Waals surface area contributed by atoms with Crippen molar-refractivity contribution in [3.63, 3.8) is 0 Å². The Bertz CT molecular complexity index is 589. The predicted octanol–water partition coefficient (Wildman–Crippen LogP) is 11.1. The first kappa shape index (κ1) is 40.1. The first-order valence-electron chi connectivity index (χ1n) is 17.5. The molecule has 0 aromatic rings. The molecular weight excluding hydrogens is 528 g/mol. The summed E-state index contributed by atoms with van der Waals surface area (Å²) in [4.78, 5) is 25.3. The minimum absolute atomic E-state index is 0.00887. The fourth-order valence-corrected chi connectivity index (χ4v) is 6.14. The summed E-state index contributed by atoms with van der Waals surface area (Å²) in [5.74, 6) is -0.542. The molecule has 0 N–H and O–H groups in total. The zero-order valence-corrected chi connectivity index (χ0v) is 29.6. The summed E-state index contributed by atoms with van der Waals surface area (Å²) in [6, 6.07) is 0. The fourth-order valence-electron chi connectivity index (χ4n) is 4.79. The Kier molecular flexibility index (Phi) is 25.0. The molecule has 0 saturated carbocycles. The summed E-state index contributed by atoms with van der Waals surface area (Å²) >= 11 is 0. The van der Waals surface area contributed by atoms with Gasteiger partial charge in [-0.2, -0.15) is 0 Å². The monoisotopic (exact) mass is 598 g/mol. The van der Waals surface area contributed by atoms with Gasteiger partial charge < -0.3 is 13.9 Å². The molecule has 0 aromatic carbocycles.